The van der Waals surface area contributed by atoms with Crippen molar-refractivity contribution in [2.75, 3.05) is 19.8 Å². The number of unbranched alkanes of at least 4 members (excludes halogenated alkanes) is 28. The van der Waals surface area contributed by atoms with E-state index in [1.54, 1.807) is 0 Å². The predicted octanol–water partition coefficient (Wildman–Crippen LogP) is 9.75. The molecule has 0 aromatic heterocycles. The summed E-state index contributed by atoms with van der Waals surface area (Å²) in [4.78, 5) is 25.4. The van der Waals surface area contributed by atoms with E-state index in [9.17, 15) is 24.9 Å². The van der Waals surface area contributed by atoms with Crippen LogP contribution < -0.4 is 5.73 Å². The molecule has 326 valence electrons. The molecule has 10 nitrogen and oxygen atoms in total. The largest absolute Gasteiger partial charge is 0.462 e. The maximum absolute atomic E-state index is 12.8. The predicted molar refractivity (Wildman–Crippen MR) is 222 cm³/mol. The maximum Gasteiger partial charge on any atom is 0.306 e. The Bertz CT molecular complexity index is 875. The molecule has 10 heteroatoms. The van der Waals surface area contributed by atoms with Crippen LogP contribution in [0.15, 0.2) is 0 Å². The minimum Gasteiger partial charge on any atom is -0.462 e. The quantitative estimate of drug-likeness (QED) is 0.0349. The molecule has 55 heavy (non-hydrogen) atoms. The van der Waals surface area contributed by atoms with E-state index >= 15 is 0 Å². The van der Waals surface area contributed by atoms with Gasteiger partial charge < -0.3 is 40.0 Å². The summed E-state index contributed by atoms with van der Waals surface area (Å²) in [5, 5.41) is 30.7. The fourth-order valence-electron chi connectivity index (χ4n) is 7.35. The number of rotatable bonds is 39. The van der Waals surface area contributed by atoms with Gasteiger partial charge >= 0.3 is 11.9 Å². The van der Waals surface area contributed by atoms with Gasteiger partial charge in [0.1, 0.15) is 31.0 Å². The van der Waals surface area contributed by atoms with Crippen molar-refractivity contribution in [3.8, 4) is 0 Å². The standard InChI is InChI=1S/C45H87NO9/c1-3-5-7-9-11-13-15-17-19-21-23-25-27-29-31-33-40(47)52-36-38(37-53-45-44(51)43(50)42(49)39(35-46)55-45)54-41(48)34-32-30-28-26-24-22-20-18-16-14-12-10-8-6-4-2/h38-39,42-45,49-51H,3-37,46H2,1-2H3. The van der Waals surface area contributed by atoms with Crippen molar-refractivity contribution in [3.05, 3.63) is 0 Å². The van der Waals surface area contributed by atoms with E-state index in [0.717, 1.165) is 38.5 Å². The highest BCUT2D eigenvalue weighted by molar-refractivity contribution is 5.70. The summed E-state index contributed by atoms with van der Waals surface area (Å²) >= 11 is 0. The molecule has 1 heterocycles. The third-order valence-electron chi connectivity index (χ3n) is 11.0. The molecule has 1 aliphatic heterocycles. The van der Waals surface area contributed by atoms with Crippen LogP contribution in [0, 0.1) is 0 Å². The molecule has 6 atom stereocenters. The highest BCUT2D eigenvalue weighted by Crippen LogP contribution is 2.22. The summed E-state index contributed by atoms with van der Waals surface area (Å²) in [6, 6.07) is 0. The summed E-state index contributed by atoms with van der Waals surface area (Å²) in [5.41, 5.74) is 5.65. The second-order valence-electron chi connectivity index (χ2n) is 16.3. The summed E-state index contributed by atoms with van der Waals surface area (Å²) < 4.78 is 22.4. The lowest BCUT2D eigenvalue weighted by atomic mass is 9.99. The monoisotopic (exact) mass is 786 g/mol. The van der Waals surface area contributed by atoms with Crippen molar-refractivity contribution >= 4 is 11.9 Å². The number of carbonyl (C=O) groups is 2. The third-order valence-corrected chi connectivity index (χ3v) is 11.0. The van der Waals surface area contributed by atoms with Crippen LogP contribution in [0.5, 0.6) is 0 Å². The number of esters is 2. The molecule has 1 rings (SSSR count). The van der Waals surface area contributed by atoms with Gasteiger partial charge in [0.2, 0.25) is 0 Å². The van der Waals surface area contributed by atoms with E-state index in [2.05, 4.69) is 13.8 Å². The minimum atomic E-state index is -1.53. The minimum absolute atomic E-state index is 0.0839. The van der Waals surface area contributed by atoms with Crippen molar-refractivity contribution in [1.29, 1.82) is 0 Å². The fourth-order valence-corrected chi connectivity index (χ4v) is 7.35. The van der Waals surface area contributed by atoms with Crippen LogP contribution in [0.4, 0.5) is 0 Å². The first-order chi connectivity index (χ1) is 26.8. The molecule has 6 unspecified atom stereocenters. The third kappa shape index (κ3) is 28.7. The topological polar surface area (TPSA) is 158 Å². The van der Waals surface area contributed by atoms with Gasteiger partial charge in [-0.2, -0.15) is 0 Å². The van der Waals surface area contributed by atoms with E-state index in [1.807, 2.05) is 0 Å². The van der Waals surface area contributed by atoms with Crippen LogP contribution in [-0.2, 0) is 28.5 Å². The van der Waals surface area contributed by atoms with Gasteiger partial charge in [-0.05, 0) is 12.8 Å². The van der Waals surface area contributed by atoms with Crippen LogP contribution in [0.1, 0.15) is 219 Å². The summed E-state index contributed by atoms with van der Waals surface area (Å²) in [6.07, 6.45) is 30.4. The Morgan fingerprint density at radius 2 is 0.873 bits per heavy atom. The van der Waals surface area contributed by atoms with E-state index in [-0.39, 0.29) is 32.1 Å². The second-order valence-corrected chi connectivity index (χ2v) is 16.3. The molecule has 0 radical (unpaired) electrons. The maximum atomic E-state index is 12.8. The number of ether oxygens (including phenoxy) is 4. The SMILES string of the molecule is CCCCCCCCCCCCCCCCCC(=O)OCC(COC1OC(CN)C(O)C(O)C1O)OC(=O)CCCCCCCCCCCCCCCCC. The average Bonchev–Trinajstić information content (AvgIpc) is 3.18. The second kappa shape index (κ2) is 37.0. The molecule has 5 N–H and O–H groups in total. The van der Waals surface area contributed by atoms with Gasteiger partial charge in [-0.3, -0.25) is 9.59 Å². The molecule has 0 aromatic carbocycles. The number of aliphatic hydroxyl groups is 3. The van der Waals surface area contributed by atoms with E-state index in [1.165, 1.54) is 154 Å². The first-order valence-corrected chi connectivity index (χ1v) is 23.2. The molecule has 0 saturated carbocycles. The molecule has 1 fully saturated rings. The van der Waals surface area contributed by atoms with Gasteiger partial charge in [-0.1, -0.05) is 194 Å². The average molecular weight is 786 g/mol. The Morgan fingerprint density at radius 3 is 1.25 bits per heavy atom. The van der Waals surface area contributed by atoms with Gasteiger partial charge in [-0.25, -0.2) is 0 Å². The van der Waals surface area contributed by atoms with Crippen molar-refractivity contribution < 1.29 is 43.9 Å². The zero-order chi connectivity index (χ0) is 40.2. The molecule has 1 saturated heterocycles. The lowest BCUT2D eigenvalue weighted by Gasteiger charge is -2.40. The van der Waals surface area contributed by atoms with E-state index in [4.69, 9.17) is 24.7 Å². The number of aliphatic hydroxyl groups excluding tert-OH is 3. The Labute approximate surface area is 336 Å². The van der Waals surface area contributed by atoms with Crippen LogP contribution in [-0.4, -0.2) is 83.8 Å². The zero-order valence-corrected chi connectivity index (χ0v) is 35.6. The Kier molecular flexibility index (Phi) is 34.8. The number of carbonyl (C=O) groups excluding carboxylic acids is 2. The van der Waals surface area contributed by atoms with Crippen LogP contribution in [0.3, 0.4) is 0 Å². The lowest BCUT2D eigenvalue weighted by molar-refractivity contribution is -0.299. The van der Waals surface area contributed by atoms with Gasteiger partial charge in [-0.15, -0.1) is 0 Å². The molecular weight excluding hydrogens is 698 g/mol. The van der Waals surface area contributed by atoms with E-state index in [0.29, 0.717) is 6.42 Å². The first kappa shape index (κ1) is 51.7. The lowest BCUT2D eigenvalue weighted by Crippen LogP contribution is -2.60. The van der Waals surface area contributed by atoms with E-state index < -0.39 is 42.8 Å². The molecule has 0 amide bonds. The molecule has 0 spiro atoms. The summed E-state index contributed by atoms with van der Waals surface area (Å²) in [6.45, 7) is 4.03. The molecule has 1 aliphatic rings. The Balaban J connectivity index is 2.30. The van der Waals surface area contributed by atoms with Crippen molar-refractivity contribution in [1.82, 2.24) is 0 Å². The number of hydrogen-bond donors (Lipinski definition) is 4. The fraction of sp³-hybridized carbons (Fsp3) is 0.956. The van der Waals surface area contributed by atoms with Crippen molar-refractivity contribution in [2.45, 2.75) is 256 Å². The van der Waals surface area contributed by atoms with Crippen molar-refractivity contribution in [3.63, 3.8) is 0 Å². The van der Waals surface area contributed by atoms with Gasteiger partial charge in [0.25, 0.3) is 0 Å². The molecule has 0 bridgehead atoms. The van der Waals surface area contributed by atoms with Crippen LogP contribution in [0.2, 0.25) is 0 Å². The molecule has 0 aliphatic carbocycles. The molecular formula is C45H87NO9. The highest BCUT2D eigenvalue weighted by Gasteiger charge is 2.44. The normalized spacial score (nSPS) is 20.4. The number of nitrogens with two attached hydrogens (primary N) is 1. The Morgan fingerprint density at radius 1 is 0.509 bits per heavy atom. The van der Waals surface area contributed by atoms with Crippen LogP contribution >= 0.6 is 0 Å². The Hall–Kier alpha value is -1.30. The highest BCUT2D eigenvalue weighted by atomic mass is 16.7. The van der Waals surface area contributed by atoms with Gasteiger partial charge in [0.15, 0.2) is 12.4 Å². The summed E-state index contributed by atoms with van der Waals surface area (Å²) in [7, 11) is 0. The van der Waals surface area contributed by atoms with Gasteiger partial charge in [0, 0.05) is 19.4 Å². The summed E-state index contributed by atoms with van der Waals surface area (Å²) in [5.74, 6) is -0.754. The zero-order valence-electron chi connectivity index (χ0n) is 35.6. The first-order valence-electron chi connectivity index (χ1n) is 23.2. The van der Waals surface area contributed by atoms with Crippen molar-refractivity contribution in [2.24, 2.45) is 5.73 Å². The number of hydrogen-bond acceptors (Lipinski definition) is 10. The smallest absolute Gasteiger partial charge is 0.306 e. The van der Waals surface area contributed by atoms with Crippen LogP contribution in [0.25, 0.3) is 0 Å². The molecule has 0 aromatic rings. The van der Waals surface area contributed by atoms with Gasteiger partial charge in [0.05, 0.1) is 6.61 Å².